The van der Waals surface area contributed by atoms with E-state index < -0.39 is 0 Å². The Morgan fingerprint density at radius 1 is 1.26 bits per heavy atom. The zero-order chi connectivity index (χ0) is 16.0. The molecule has 1 aliphatic heterocycles. The van der Waals surface area contributed by atoms with E-state index >= 15 is 0 Å². The maximum atomic E-state index is 11.4. The van der Waals surface area contributed by atoms with Crippen molar-refractivity contribution in [3.63, 3.8) is 0 Å². The minimum Gasteiger partial charge on any atom is -0.376 e. The average Bonchev–Trinajstić information content (AvgIpc) is 3.05. The second kappa shape index (κ2) is 5.35. The summed E-state index contributed by atoms with van der Waals surface area (Å²) in [6.07, 6.45) is 8.58. The Bertz CT molecular complexity index is 807. The first-order chi connectivity index (χ1) is 11.2. The number of nitro groups is 1. The van der Waals surface area contributed by atoms with Crippen molar-refractivity contribution in [2.75, 3.05) is 5.32 Å². The first kappa shape index (κ1) is 14.2. The first-order valence-corrected chi connectivity index (χ1v) is 7.84. The van der Waals surface area contributed by atoms with Gasteiger partial charge in [-0.05, 0) is 36.1 Å². The lowest BCUT2D eigenvalue weighted by atomic mass is 9.76. The van der Waals surface area contributed by atoms with Gasteiger partial charge in [-0.3, -0.25) is 15.1 Å². The molecule has 1 aliphatic carbocycles. The largest absolute Gasteiger partial charge is 0.376 e. The third-order valence-corrected chi connectivity index (χ3v) is 5.02. The third-order valence-electron chi connectivity index (χ3n) is 4.71. The number of hydrogen-bond acceptors (Lipinski definition) is 4. The lowest BCUT2D eigenvalue weighted by molar-refractivity contribution is -0.385. The zero-order valence-corrected chi connectivity index (χ0v) is 12.9. The standard InChI is InChI=1S/C17H14ClN3O2/c18-13-4-5-14(21(22)23)15-11-2-1-3-12(11)16(20-17(13)15)10-6-8-19-9-7-10/h1-2,4-9,11-12,16,20H,3H2/t11-,12-,16-/m1/s1. The molecule has 0 bridgehead atoms. The van der Waals surface area contributed by atoms with Crippen LogP contribution in [-0.2, 0) is 0 Å². The van der Waals surface area contributed by atoms with E-state index in [9.17, 15) is 10.1 Å². The summed E-state index contributed by atoms with van der Waals surface area (Å²) in [6.45, 7) is 0. The molecule has 1 aromatic heterocycles. The predicted octanol–water partition coefficient (Wildman–Crippen LogP) is 4.47. The number of benzene rings is 1. The molecule has 0 radical (unpaired) electrons. The quantitative estimate of drug-likeness (QED) is 0.502. The number of fused-ring (bicyclic) bond motifs is 3. The van der Waals surface area contributed by atoms with Crippen molar-refractivity contribution in [2.45, 2.75) is 18.4 Å². The molecule has 23 heavy (non-hydrogen) atoms. The second-order valence-electron chi connectivity index (χ2n) is 5.87. The van der Waals surface area contributed by atoms with Crippen LogP contribution >= 0.6 is 11.6 Å². The molecule has 3 atom stereocenters. The monoisotopic (exact) mass is 327 g/mol. The highest BCUT2D eigenvalue weighted by atomic mass is 35.5. The molecule has 0 saturated heterocycles. The molecule has 0 amide bonds. The highest BCUT2D eigenvalue weighted by Crippen LogP contribution is 2.54. The predicted molar refractivity (Wildman–Crippen MR) is 88.7 cm³/mol. The van der Waals surface area contributed by atoms with Gasteiger partial charge in [-0.15, -0.1) is 0 Å². The summed E-state index contributed by atoms with van der Waals surface area (Å²) in [4.78, 5) is 15.2. The maximum absolute atomic E-state index is 11.4. The fourth-order valence-electron chi connectivity index (χ4n) is 3.71. The minimum absolute atomic E-state index is 0.00325. The summed E-state index contributed by atoms with van der Waals surface area (Å²) >= 11 is 6.34. The number of nitrogens with one attached hydrogen (secondary N) is 1. The van der Waals surface area contributed by atoms with Gasteiger partial charge in [-0.2, -0.15) is 0 Å². The van der Waals surface area contributed by atoms with Gasteiger partial charge in [0.2, 0.25) is 0 Å². The Balaban J connectivity index is 1.89. The molecule has 6 heteroatoms. The number of aromatic nitrogens is 1. The molecule has 1 N–H and O–H groups in total. The number of halogens is 1. The van der Waals surface area contributed by atoms with Crippen molar-refractivity contribution in [3.05, 3.63) is 75.1 Å². The normalized spacial score (nSPS) is 24.7. The first-order valence-electron chi connectivity index (χ1n) is 7.46. The number of rotatable bonds is 2. The van der Waals surface area contributed by atoms with Crippen LogP contribution in [0.15, 0.2) is 48.8 Å². The SMILES string of the molecule is O=[N+]([O-])c1ccc(Cl)c2c1[C@@H]1C=CC[C@H]1[C@@H](c1ccncc1)N2. The van der Waals surface area contributed by atoms with E-state index in [0.717, 1.165) is 12.0 Å². The van der Waals surface area contributed by atoms with E-state index in [0.29, 0.717) is 16.3 Å². The van der Waals surface area contributed by atoms with Gasteiger partial charge in [0, 0.05) is 24.4 Å². The molecule has 4 rings (SSSR count). The number of nitro benzene ring substituents is 1. The Morgan fingerprint density at radius 3 is 2.78 bits per heavy atom. The summed E-state index contributed by atoms with van der Waals surface area (Å²) < 4.78 is 0. The van der Waals surface area contributed by atoms with Crippen LogP contribution in [0.3, 0.4) is 0 Å². The average molecular weight is 328 g/mol. The highest BCUT2D eigenvalue weighted by Gasteiger charge is 2.42. The summed E-state index contributed by atoms with van der Waals surface area (Å²) in [7, 11) is 0. The molecule has 1 aromatic carbocycles. The van der Waals surface area contributed by atoms with Crippen molar-refractivity contribution < 1.29 is 4.92 Å². The Kier molecular flexibility index (Phi) is 3.31. The molecule has 0 spiro atoms. The van der Waals surface area contributed by atoms with Crippen LogP contribution in [-0.4, -0.2) is 9.91 Å². The van der Waals surface area contributed by atoms with Crippen molar-refractivity contribution in [1.82, 2.24) is 4.98 Å². The minimum atomic E-state index is -0.327. The molecular formula is C17H14ClN3O2. The van der Waals surface area contributed by atoms with Crippen molar-refractivity contribution in [3.8, 4) is 0 Å². The number of allylic oxidation sites excluding steroid dienone is 2. The Labute approximate surface area is 138 Å². The molecular weight excluding hydrogens is 314 g/mol. The maximum Gasteiger partial charge on any atom is 0.275 e. The van der Waals surface area contributed by atoms with E-state index in [2.05, 4.69) is 22.5 Å². The fourth-order valence-corrected chi connectivity index (χ4v) is 3.93. The van der Waals surface area contributed by atoms with Crippen LogP contribution in [0.4, 0.5) is 11.4 Å². The summed E-state index contributed by atoms with van der Waals surface area (Å²) in [5.74, 6) is 0.241. The van der Waals surface area contributed by atoms with Gasteiger partial charge in [-0.1, -0.05) is 23.8 Å². The third kappa shape index (κ3) is 2.19. The lowest BCUT2D eigenvalue weighted by Gasteiger charge is -2.37. The van der Waals surface area contributed by atoms with Crippen LogP contribution in [0.2, 0.25) is 5.02 Å². The van der Waals surface area contributed by atoms with E-state index in [1.807, 2.05) is 12.1 Å². The molecule has 0 saturated carbocycles. The molecule has 2 aromatic rings. The summed E-state index contributed by atoms with van der Waals surface area (Å²) in [5, 5.41) is 15.4. The van der Waals surface area contributed by atoms with Crippen LogP contribution in [0, 0.1) is 16.0 Å². The molecule has 5 nitrogen and oxygen atoms in total. The van der Waals surface area contributed by atoms with E-state index in [1.165, 1.54) is 6.07 Å². The van der Waals surface area contributed by atoms with Crippen LogP contribution in [0.1, 0.15) is 29.5 Å². The summed E-state index contributed by atoms with van der Waals surface area (Å²) in [6, 6.07) is 7.10. The molecule has 0 unspecified atom stereocenters. The molecule has 2 heterocycles. The molecule has 0 fully saturated rings. The number of hydrogen-bond donors (Lipinski definition) is 1. The van der Waals surface area contributed by atoms with Crippen molar-refractivity contribution >= 4 is 23.0 Å². The van der Waals surface area contributed by atoms with E-state index in [1.54, 1.807) is 18.5 Å². The lowest BCUT2D eigenvalue weighted by Crippen LogP contribution is -2.29. The van der Waals surface area contributed by atoms with Gasteiger partial charge in [0.1, 0.15) is 0 Å². The van der Waals surface area contributed by atoms with Gasteiger partial charge in [0.25, 0.3) is 5.69 Å². The number of pyridine rings is 1. The molecule has 2 aliphatic rings. The fraction of sp³-hybridized carbons (Fsp3) is 0.235. The number of anilines is 1. The van der Waals surface area contributed by atoms with Crippen LogP contribution in [0.25, 0.3) is 0 Å². The van der Waals surface area contributed by atoms with Crippen molar-refractivity contribution in [2.24, 2.45) is 5.92 Å². The van der Waals surface area contributed by atoms with Crippen LogP contribution < -0.4 is 5.32 Å². The van der Waals surface area contributed by atoms with Gasteiger partial charge in [0.15, 0.2) is 0 Å². The van der Waals surface area contributed by atoms with Gasteiger partial charge < -0.3 is 5.32 Å². The highest BCUT2D eigenvalue weighted by molar-refractivity contribution is 6.33. The van der Waals surface area contributed by atoms with Crippen molar-refractivity contribution in [1.29, 1.82) is 0 Å². The Morgan fingerprint density at radius 2 is 2.04 bits per heavy atom. The van der Waals surface area contributed by atoms with Gasteiger partial charge in [0.05, 0.1) is 27.2 Å². The van der Waals surface area contributed by atoms with Gasteiger partial charge >= 0.3 is 0 Å². The smallest absolute Gasteiger partial charge is 0.275 e. The zero-order valence-electron chi connectivity index (χ0n) is 12.1. The number of nitrogens with zero attached hydrogens (tertiary/aromatic N) is 2. The van der Waals surface area contributed by atoms with Gasteiger partial charge in [-0.25, -0.2) is 0 Å². The Hall–Kier alpha value is -2.40. The van der Waals surface area contributed by atoms with E-state index in [4.69, 9.17) is 11.6 Å². The molecule has 116 valence electrons. The van der Waals surface area contributed by atoms with Crippen LogP contribution in [0.5, 0.6) is 0 Å². The van der Waals surface area contributed by atoms with E-state index in [-0.39, 0.29) is 28.5 Å². The summed E-state index contributed by atoms with van der Waals surface area (Å²) in [5.41, 5.74) is 2.63. The second-order valence-corrected chi connectivity index (χ2v) is 6.28. The topological polar surface area (TPSA) is 68.1 Å².